The molecule has 0 fully saturated rings. The van der Waals surface area contributed by atoms with E-state index in [1.54, 1.807) is 18.2 Å². The fourth-order valence-electron chi connectivity index (χ4n) is 3.13. The highest BCUT2D eigenvalue weighted by Gasteiger charge is 2.19. The molecule has 3 aromatic carbocycles. The normalized spacial score (nSPS) is 11.1. The molecular formula is C20H13BrN2O2. The fraction of sp³-hybridized carbons (Fsp3) is 0. The second-order valence-electron chi connectivity index (χ2n) is 5.74. The molecule has 4 aromatic rings. The van der Waals surface area contributed by atoms with Gasteiger partial charge in [-0.15, -0.1) is 0 Å². The number of fused-ring (bicyclic) bond motifs is 2. The summed E-state index contributed by atoms with van der Waals surface area (Å²) in [6.45, 7) is 0. The number of halogens is 1. The van der Waals surface area contributed by atoms with E-state index in [-0.39, 0.29) is 5.91 Å². The van der Waals surface area contributed by atoms with Gasteiger partial charge in [-0.05, 0) is 29.0 Å². The van der Waals surface area contributed by atoms with E-state index in [0.717, 1.165) is 15.2 Å². The molecule has 0 unspecified atom stereocenters. The number of nitrogens with two attached hydrogens (primary N) is 1. The highest BCUT2D eigenvalue weighted by atomic mass is 79.9. The van der Waals surface area contributed by atoms with Crippen LogP contribution in [0, 0.1) is 0 Å². The Kier molecular flexibility index (Phi) is 3.66. The number of aromatic nitrogens is 1. The predicted octanol–water partition coefficient (Wildman–Crippen LogP) is 4.34. The van der Waals surface area contributed by atoms with Crippen LogP contribution in [0.3, 0.4) is 0 Å². The first-order valence-electron chi connectivity index (χ1n) is 7.70. The molecule has 5 heteroatoms. The maximum absolute atomic E-state index is 13.2. The number of hydrogen-bond acceptors (Lipinski definition) is 2. The van der Waals surface area contributed by atoms with Gasteiger partial charge >= 0.3 is 0 Å². The Hall–Kier alpha value is -2.92. The van der Waals surface area contributed by atoms with Crippen LogP contribution in [-0.4, -0.2) is 16.4 Å². The number of carbonyl (C=O) groups is 2. The molecule has 1 heterocycles. The van der Waals surface area contributed by atoms with Crippen molar-refractivity contribution < 1.29 is 9.59 Å². The third-order valence-electron chi connectivity index (χ3n) is 4.30. The van der Waals surface area contributed by atoms with Crippen LogP contribution in [0.5, 0.6) is 0 Å². The van der Waals surface area contributed by atoms with Crippen molar-refractivity contribution in [1.82, 2.24) is 4.57 Å². The van der Waals surface area contributed by atoms with Gasteiger partial charge in [0.25, 0.3) is 11.8 Å². The third-order valence-corrected chi connectivity index (χ3v) is 4.99. The minimum atomic E-state index is -0.552. The minimum Gasteiger partial charge on any atom is -0.366 e. The molecule has 0 aliphatic heterocycles. The van der Waals surface area contributed by atoms with Crippen molar-refractivity contribution in [3.8, 4) is 0 Å². The van der Waals surface area contributed by atoms with Crippen molar-refractivity contribution in [1.29, 1.82) is 0 Å². The van der Waals surface area contributed by atoms with Gasteiger partial charge in [0.05, 0.1) is 11.1 Å². The van der Waals surface area contributed by atoms with E-state index in [1.165, 1.54) is 10.8 Å². The number of nitrogens with zero attached hydrogens (tertiary/aromatic N) is 1. The number of amides is 1. The number of primary amides is 1. The van der Waals surface area contributed by atoms with Crippen LogP contribution in [0.15, 0.2) is 71.3 Å². The summed E-state index contributed by atoms with van der Waals surface area (Å²) in [7, 11) is 0. The second-order valence-corrected chi connectivity index (χ2v) is 6.59. The molecule has 0 radical (unpaired) electrons. The van der Waals surface area contributed by atoms with Crippen molar-refractivity contribution in [2.24, 2.45) is 5.73 Å². The van der Waals surface area contributed by atoms with Gasteiger partial charge in [-0.25, -0.2) is 0 Å². The van der Waals surface area contributed by atoms with E-state index < -0.39 is 5.91 Å². The molecule has 0 aliphatic rings. The SMILES string of the molecule is NC(=O)c1cn(C(=O)c2cccc3c(Br)cccc23)c2ccccc12. The first-order chi connectivity index (χ1) is 12.1. The average Bonchev–Trinajstić information content (AvgIpc) is 3.01. The molecule has 122 valence electrons. The van der Waals surface area contributed by atoms with Crippen LogP contribution in [0.1, 0.15) is 20.7 Å². The minimum absolute atomic E-state index is 0.201. The molecular weight excluding hydrogens is 380 g/mol. The van der Waals surface area contributed by atoms with Gasteiger partial charge < -0.3 is 5.73 Å². The van der Waals surface area contributed by atoms with Crippen LogP contribution in [0.2, 0.25) is 0 Å². The summed E-state index contributed by atoms with van der Waals surface area (Å²) in [5, 5.41) is 2.48. The first-order valence-corrected chi connectivity index (χ1v) is 8.49. The van der Waals surface area contributed by atoms with Gasteiger partial charge in [0, 0.05) is 21.6 Å². The highest BCUT2D eigenvalue weighted by Crippen LogP contribution is 2.28. The molecule has 4 nitrogen and oxygen atoms in total. The van der Waals surface area contributed by atoms with E-state index in [4.69, 9.17) is 5.73 Å². The molecule has 0 bridgehead atoms. The zero-order valence-corrected chi connectivity index (χ0v) is 14.7. The van der Waals surface area contributed by atoms with E-state index in [0.29, 0.717) is 22.0 Å². The van der Waals surface area contributed by atoms with Crippen LogP contribution < -0.4 is 5.73 Å². The van der Waals surface area contributed by atoms with E-state index >= 15 is 0 Å². The Balaban J connectivity index is 1.98. The first kappa shape index (κ1) is 15.6. The fourth-order valence-corrected chi connectivity index (χ4v) is 3.63. The van der Waals surface area contributed by atoms with Gasteiger partial charge in [-0.2, -0.15) is 0 Å². The van der Waals surface area contributed by atoms with Gasteiger partial charge in [0.2, 0.25) is 0 Å². The van der Waals surface area contributed by atoms with Gasteiger partial charge in [0.15, 0.2) is 0 Å². The quantitative estimate of drug-likeness (QED) is 0.551. The lowest BCUT2D eigenvalue weighted by Crippen LogP contribution is -2.13. The summed E-state index contributed by atoms with van der Waals surface area (Å²) < 4.78 is 2.42. The Labute approximate surface area is 152 Å². The highest BCUT2D eigenvalue weighted by molar-refractivity contribution is 9.10. The van der Waals surface area contributed by atoms with Crippen molar-refractivity contribution in [2.45, 2.75) is 0 Å². The molecule has 0 saturated heterocycles. The lowest BCUT2D eigenvalue weighted by molar-refractivity contribution is 0.0966. The number of carbonyl (C=O) groups excluding carboxylic acids is 2. The largest absolute Gasteiger partial charge is 0.366 e. The lowest BCUT2D eigenvalue weighted by Gasteiger charge is -2.09. The molecule has 0 saturated carbocycles. The topological polar surface area (TPSA) is 65.1 Å². The summed E-state index contributed by atoms with van der Waals surface area (Å²) in [5.74, 6) is -0.754. The predicted molar refractivity (Wildman–Crippen MR) is 102 cm³/mol. The monoisotopic (exact) mass is 392 g/mol. The Morgan fingerprint density at radius 2 is 1.48 bits per heavy atom. The number of benzene rings is 3. The van der Waals surface area contributed by atoms with Crippen molar-refractivity contribution in [3.63, 3.8) is 0 Å². The molecule has 0 aliphatic carbocycles. The number of para-hydroxylation sites is 1. The molecule has 0 atom stereocenters. The van der Waals surface area contributed by atoms with Crippen molar-refractivity contribution >= 4 is 49.4 Å². The maximum Gasteiger partial charge on any atom is 0.263 e. The summed E-state index contributed by atoms with van der Waals surface area (Å²) >= 11 is 3.52. The summed E-state index contributed by atoms with van der Waals surface area (Å²) in [6, 6.07) is 18.6. The second kappa shape index (κ2) is 5.86. The molecule has 1 aromatic heterocycles. The standard InChI is InChI=1S/C20H13BrN2O2/c21-17-9-4-6-12-13(17)7-3-8-15(12)20(25)23-11-16(19(22)24)14-5-1-2-10-18(14)23/h1-11H,(H2,22,24). The van der Waals surface area contributed by atoms with Gasteiger partial charge in [0.1, 0.15) is 0 Å². The summed E-state index contributed by atoms with van der Waals surface area (Å²) in [5.41, 5.74) is 7.04. The molecule has 2 N–H and O–H groups in total. The van der Waals surface area contributed by atoms with E-state index in [1.807, 2.05) is 42.5 Å². The van der Waals surface area contributed by atoms with Crippen LogP contribution in [0.4, 0.5) is 0 Å². The lowest BCUT2D eigenvalue weighted by atomic mass is 10.0. The Morgan fingerprint density at radius 1 is 0.800 bits per heavy atom. The number of rotatable bonds is 2. The van der Waals surface area contributed by atoms with Crippen molar-refractivity contribution in [3.05, 3.63) is 82.5 Å². The smallest absolute Gasteiger partial charge is 0.263 e. The van der Waals surface area contributed by atoms with Gasteiger partial charge in [-0.1, -0.05) is 58.4 Å². The van der Waals surface area contributed by atoms with Crippen LogP contribution in [0.25, 0.3) is 21.7 Å². The van der Waals surface area contributed by atoms with Crippen molar-refractivity contribution in [2.75, 3.05) is 0 Å². The summed E-state index contributed by atoms with van der Waals surface area (Å²) in [4.78, 5) is 25.0. The van der Waals surface area contributed by atoms with Crippen LogP contribution >= 0.6 is 15.9 Å². The molecule has 0 spiro atoms. The zero-order chi connectivity index (χ0) is 17.6. The average molecular weight is 393 g/mol. The maximum atomic E-state index is 13.2. The Bertz CT molecular complexity index is 1160. The van der Waals surface area contributed by atoms with E-state index in [9.17, 15) is 9.59 Å². The molecule has 1 amide bonds. The summed E-state index contributed by atoms with van der Waals surface area (Å²) in [6.07, 6.45) is 1.52. The van der Waals surface area contributed by atoms with Crippen LogP contribution in [-0.2, 0) is 0 Å². The number of hydrogen-bond donors (Lipinski definition) is 1. The van der Waals surface area contributed by atoms with E-state index in [2.05, 4.69) is 15.9 Å². The Morgan fingerprint density at radius 3 is 2.28 bits per heavy atom. The van der Waals surface area contributed by atoms with Gasteiger partial charge in [-0.3, -0.25) is 14.2 Å². The molecule has 25 heavy (non-hydrogen) atoms. The third kappa shape index (κ3) is 2.44. The molecule has 4 rings (SSSR count). The zero-order valence-electron chi connectivity index (χ0n) is 13.1.